The fourth-order valence-corrected chi connectivity index (χ4v) is 1.52. The zero-order valence-corrected chi connectivity index (χ0v) is 10.6. The van der Waals surface area contributed by atoms with Crippen LogP contribution in [0.3, 0.4) is 0 Å². The first-order valence-corrected chi connectivity index (χ1v) is 6.14. The average Bonchev–Trinajstić information content (AvgIpc) is 2.85. The molecule has 1 aromatic heterocycles. The van der Waals surface area contributed by atoms with Gasteiger partial charge in [0.15, 0.2) is 0 Å². The van der Waals surface area contributed by atoms with Gasteiger partial charge in [-0.3, -0.25) is 4.79 Å². The number of nitrogens with two attached hydrogens (primary N) is 1. The van der Waals surface area contributed by atoms with Crippen LogP contribution < -0.4 is 11.1 Å². The molecule has 1 unspecified atom stereocenters. The molecule has 2 atom stereocenters. The molecule has 0 aromatic carbocycles. The normalized spacial score (nSPS) is 14.3. The van der Waals surface area contributed by atoms with Crippen LogP contribution in [0.15, 0.2) is 18.7 Å². The van der Waals surface area contributed by atoms with Crippen LogP contribution in [0.2, 0.25) is 0 Å². The van der Waals surface area contributed by atoms with Crippen molar-refractivity contribution in [1.82, 2.24) is 14.9 Å². The molecule has 0 saturated heterocycles. The summed E-state index contributed by atoms with van der Waals surface area (Å²) in [6.45, 7) is 5.55. The number of aromatic nitrogens is 2. The highest BCUT2D eigenvalue weighted by molar-refractivity contribution is 5.81. The van der Waals surface area contributed by atoms with Crippen LogP contribution in [0, 0.1) is 5.92 Å². The van der Waals surface area contributed by atoms with Gasteiger partial charge in [-0.2, -0.15) is 0 Å². The van der Waals surface area contributed by atoms with Gasteiger partial charge in [-0.15, -0.1) is 0 Å². The van der Waals surface area contributed by atoms with Crippen LogP contribution in [0.4, 0.5) is 0 Å². The topological polar surface area (TPSA) is 72.9 Å². The molecular formula is C12H22N4O. The molecule has 0 aliphatic rings. The van der Waals surface area contributed by atoms with Crippen molar-refractivity contribution in [1.29, 1.82) is 0 Å². The number of imidazole rings is 1. The number of aryl methyl sites for hydroxylation is 1. The van der Waals surface area contributed by atoms with Crippen LogP contribution in [-0.2, 0) is 11.3 Å². The maximum absolute atomic E-state index is 11.6. The fraction of sp³-hybridized carbons (Fsp3) is 0.667. The predicted octanol–water partition coefficient (Wildman–Crippen LogP) is 0.763. The number of carbonyl (C=O) groups excluding carboxylic acids is 1. The summed E-state index contributed by atoms with van der Waals surface area (Å²) < 4.78 is 1.99. The molecule has 1 amide bonds. The van der Waals surface area contributed by atoms with E-state index >= 15 is 0 Å². The second kappa shape index (κ2) is 7.06. The Kier molecular flexibility index (Phi) is 5.69. The van der Waals surface area contributed by atoms with Gasteiger partial charge < -0.3 is 15.6 Å². The van der Waals surface area contributed by atoms with Crippen LogP contribution in [-0.4, -0.2) is 28.0 Å². The largest absolute Gasteiger partial charge is 0.355 e. The third kappa shape index (κ3) is 4.56. The molecule has 5 nitrogen and oxygen atoms in total. The quantitative estimate of drug-likeness (QED) is 0.689. The highest BCUT2D eigenvalue weighted by Crippen LogP contribution is 2.04. The number of amides is 1. The van der Waals surface area contributed by atoms with E-state index in [9.17, 15) is 4.79 Å². The summed E-state index contributed by atoms with van der Waals surface area (Å²) >= 11 is 0. The molecule has 1 aromatic rings. The second-order valence-corrected chi connectivity index (χ2v) is 4.36. The van der Waals surface area contributed by atoms with E-state index in [1.807, 2.05) is 24.6 Å². The number of hydrogen-bond donors (Lipinski definition) is 2. The molecule has 0 aliphatic carbocycles. The Morgan fingerprint density at radius 1 is 1.59 bits per heavy atom. The van der Waals surface area contributed by atoms with Gasteiger partial charge in [0.05, 0.1) is 12.4 Å². The first-order valence-electron chi connectivity index (χ1n) is 6.14. The fourth-order valence-electron chi connectivity index (χ4n) is 1.52. The summed E-state index contributed by atoms with van der Waals surface area (Å²) in [6, 6.07) is -0.395. The molecule has 96 valence electrons. The van der Waals surface area contributed by atoms with Gasteiger partial charge in [0.2, 0.25) is 5.91 Å². The van der Waals surface area contributed by atoms with Crippen molar-refractivity contribution < 1.29 is 4.79 Å². The molecule has 17 heavy (non-hydrogen) atoms. The lowest BCUT2D eigenvalue weighted by Gasteiger charge is -2.17. The van der Waals surface area contributed by atoms with Gasteiger partial charge in [-0.05, 0) is 12.3 Å². The minimum Gasteiger partial charge on any atom is -0.355 e. The van der Waals surface area contributed by atoms with Gasteiger partial charge in [-0.1, -0.05) is 20.3 Å². The number of hydrogen-bond acceptors (Lipinski definition) is 3. The van der Waals surface area contributed by atoms with Crippen molar-refractivity contribution in [3.63, 3.8) is 0 Å². The number of carbonyl (C=O) groups is 1. The summed E-state index contributed by atoms with van der Waals surface area (Å²) in [5.41, 5.74) is 5.82. The zero-order valence-electron chi connectivity index (χ0n) is 10.6. The first kappa shape index (κ1) is 13.7. The zero-order chi connectivity index (χ0) is 12.7. The highest BCUT2D eigenvalue weighted by Gasteiger charge is 2.18. The van der Waals surface area contributed by atoms with Crippen molar-refractivity contribution in [2.75, 3.05) is 6.54 Å². The number of nitrogens with zero attached hydrogens (tertiary/aromatic N) is 2. The van der Waals surface area contributed by atoms with E-state index in [0.29, 0.717) is 6.54 Å². The Hall–Kier alpha value is -1.36. The third-order valence-electron chi connectivity index (χ3n) is 3.01. The van der Waals surface area contributed by atoms with Crippen molar-refractivity contribution in [3.8, 4) is 0 Å². The molecule has 0 aliphatic heterocycles. The Balaban J connectivity index is 2.16. The van der Waals surface area contributed by atoms with Crippen molar-refractivity contribution in [2.45, 2.75) is 39.3 Å². The van der Waals surface area contributed by atoms with Crippen LogP contribution >= 0.6 is 0 Å². The lowest BCUT2D eigenvalue weighted by atomic mass is 9.99. The molecule has 0 radical (unpaired) electrons. The SMILES string of the molecule is CCC(C)[C@H](N)C(=O)NCCCn1ccnc1. The Bertz CT molecular complexity index is 323. The molecule has 0 bridgehead atoms. The molecule has 0 saturated carbocycles. The van der Waals surface area contributed by atoms with Gasteiger partial charge in [-0.25, -0.2) is 4.98 Å². The molecule has 0 spiro atoms. The first-order chi connectivity index (χ1) is 8.15. The van der Waals surface area contributed by atoms with Gasteiger partial charge in [0, 0.05) is 25.5 Å². The standard InChI is InChI=1S/C12H22N4O/c1-3-10(2)11(13)12(17)15-5-4-7-16-8-6-14-9-16/h6,8-11H,3-5,7,13H2,1-2H3,(H,15,17)/t10?,11-/m0/s1. The average molecular weight is 238 g/mol. The minimum absolute atomic E-state index is 0.0509. The second-order valence-electron chi connectivity index (χ2n) is 4.36. The Morgan fingerprint density at radius 2 is 2.35 bits per heavy atom. The molecule has 3 N–H and O–H groups in total. The summed E-state index contributed by atoms with van der Waals surface area (Å²) in [4.78, 5) is 15.6. The smallest absolute Gasteiger partial charge is 0.237 e. The van der Waals surface area contributed by atoms with E-state index in [0.717, 1.165) is 19.4 Å². The van der Waals surface area contributed by atoms with Crippen LogP contribution in [0.1, 0.15) is 26.7 Å². The van der Waals surface area contributed by atoms with Crippen molar-refractivity contribution in [2.24, 2.45) is 11.7 Å². The molecule has 1 rings (SSSR count). The number of nitrogens with one attached hydrogen (secondary N) is 1. The van der Waals surface area contributed by atoms with Gasteiger partial charge >= 0.3 is 0 Å². The Morgan fingerprint density at radius 3 is 2.94 bits per heavy atom. The van der Waals surface area contributed by atoms with Crippen LogP contribution in [0.5, 0.6) is 0 Å². The predicted molar refractivity (Wildman–Crippen MR) is 67.3 cm³/mol. The molecule has 5 heteroatoms. The Labute approximate surface area is 102 Å². The highest BCUT2D eigenvalue weighted by atomic mass is 16.2. The lowest BCUT2D eigenvalue weighted by Crippen LogP contribution is -2.44. The van der Waals surface area contributed by atoms with E-state index in [2.05, 4.69) is 10.3 Å². The summed E-state index contributed by atoms with van der Waals surface area (Å²) in [7, 11) is 0. The van der Waals surface area contributed by atoms with Gasteiger partial charge in [0.1, 0.15) is 0 Å². The van der Waals surface area contributed by atoms with E-state index < -0.39 is 6.04 Å². The maximum Gasteiger partial charge on any atom is 0.237 e. The van der Waals surface area contributed by atoms with Gasteiger partial charge in [0.25, 0.3) is 0 Å². The van der Waals surface area contributed by atoms with E-state index in [4.69, 9.17) is 5.73 Å². The summed E-state index contributed by atoms with van der Waals surface area (Å²) in [5, 5.41) is 2.86. The minimum atomic E-state index is -0.395. The van der Waals surface area contributed by atoms with Crippen molar-refractivity contribution >= 4 is 5.91 Å². The van der Waals surface area contributed by atoms with Crippen molar-refractivity contribution in [3.05, 3.63) is 18.7 Å². The maximum atomic E-state index is 11.6. The molecule has 0 fully saturated rings. The third-order valence-corrected chi connectivity index (χ3v) is 3.01. The van der Waals surface area contributed by atoms with E-state index in [1.54, 1.807) is 12.5 Å². The van der Waals surface area contributed by atoms with E-state index in [-0.39, 0.29) is 11.8 Å². The van der Waals surface area contributed by atoms with Crippen LogP contribution in [0.25, 0.3) is 0 Å². The van der Waals surface area contributed by atoms with E-state index in [1.165, 1.54) is 0 Å². The lowest BCUT2D eigenvalue weighted by molar-refractivity contribution is -0.123. The summed E-state index contributed by atoms with van der Waals surface area (Å²) in [6.07, 6.45) is 7.23. The molecular weight excluding hydrogens is 216 g/mol. The monoisotopic (exact) mass is 238 g/mol. The summed E-state index contributed by atoms with van der Waals surface area (Å²) in [5.74, 6) is 0.175. The number of rotatable bonds is 7. The molecule has 1 heterocycles.